The van der Waals surface area contributed by atoms with Gasteiger partial charge in [0.2, 0.25) is 10.0 Å². The molecule has 0 unspecified atom stereocenters. The topological polar surface area (TPSA) is 117 Å². The van der Waals surface area contributed by atoms with Crippen LogP contribution in [0.4, 0.5) is 0 Å². The van der Waals surface area contributed by atoms with Crippen LogP contribution in [0.1, 0.15) is 35.4 Å². The van der Waals surface area contributed by atoms with Gasteiger partial charge in [-0.3, -0.25) is 4.79 Å². The lowest BCUT2D eigenvalue weighted by Crippen LogP contribution is -2.47. The van der Waals surface area contributed by atoms with Gasteiger partial charge in [-0.2, -0.15) is 0 Å². The second-order valence-corrected chi connectivity index (χ2v) is 8.04. The van der Waals surface area contributed by atoms with Crippen molar-refractivity contribution in [1.29, 1.82) is 0 Å². The molecule has 0 spiro atoms. The molecule has 1 aromatic carbocycles. The molecular formula is C18H20N2O6S. The van der Waals surface area contributed by atoms with Crippen molar-refractivity contribution in [2.45, 2.75) is 36.7 Å². The largest absolute Gasteiger partial charge is 0.480 e. The van der Waals surface area contributed by atoms with E-state index in [0.29, 0.717) is 18.7 Å². The second kappa shape index (κ2) is 7.93. The molecule has 0 radical (unpaired) electrons. The van der Waals surface area contributed by atoms with E-state index in [9.17, 15) is 23.1 Å². The molecule has 1 amide bonds. The molecule has 27 heavy (non-hydrogen) atoms. The number of piperidine rings is 1. The van der Waals surface area contributed by atoms with Crippen LogP contribution in [0.25, 0.3) is 0 Å². The van der Waals surface area contributed by atoms with Gasteiger partial charge in [0, 0.05) is 12.1 Å². The maximum atomic E-state index is 12.6. The SMILES string of the molecule is O=C(O)[C@H]1CCCCN1C(=O)c1ccc(S(=O)(=O)NCc2ccco2)cc1. The summed E-state index contributed by atoms with van der Waals surface area (Å²) >= 11 is 0. The monoisotopic (exact) mass is 392 g/mol. The maximum Gasteiger partial charge on any atom is 0.326 e. The van der Waals surface area contributed by atoms with Gasteiger partial charge in [-0.1, -0.05) is 0 Å². The van der Waals surface area contributed by atoms with E-state index in [-0.39, 0.29) is 17.0 Å². The molecule has 2 N–H and O–H groups in total. The summed E-state index contributed by atoms with van der Waals surface area (Å²) in [6.07, 6.45) is 3.39. The lowest BCUT2D eigenvalue weighted by Gasteiger charge is -2.33. The number of carbonyl (C=O) groups is 2. The highest BCUT2D eigenvalue weighted by atomic mass is 32.2. The Hall–Kier alpha value is -2.65. The Bertz CT molecular complexity index is 906. The Morgan fingerprint density at radius 2 is 1.93 bits per heavy atom. The molecule has 8 nitrogen and oxygen atoms in total. The Morgan fingerprint density at radius 3 is 2.56 bits per heavy atom. The van der Waals surface area contributed by atoms with Gasteiger partial charge in [-0.15, -0.1) is 0 Å². The molecule has 144 valence electrons. The summed E-state index contributed by atoms with van der Waals surface area (Å²) in [5.74, 6) is -0.950. The standard InChI is InChI=1S/C18H20N2O6S/c21-17(20-10-2-1-5-16(20)18(22)23)13-6-8-15(9-7-13)27(24,25)19-12-14-4-3-11-26-14/h3-4,6-9,11,16,19H,1-2,5,10,12H2,(H,22,23)/t16-/m1/s1. The summed E-state index contributed by atoms with van der Waals surface area (Å²) in [4.78, 5) is 25.4. The average Bonchev–Trinajstić information content (AvgIpc) is 3.20. The number of sulfonamides is 1. The number of nitrogens with zero attached hydrogens (tertiary/aromatic N) is 1. The van der Waals surface area contributed by atoms with Gasteiger partial charge in [-0.25, -0.2) is 17.9 Å². The number of aliphatic carboxylic acids is 1. The van der Waals surface area contributed by atoms with Gasteiger partial charge in [-0.05, 0) is 55.7 Å². The normalized spacial score (nSPS) is 17.6. The number of likely N-dealkylation sites (tertiary alicyclic amines) is 1. The van der Waals surface area contributed by atoms with E-state index in [2.05, 4.69) is 4.72 Å². The zero-order valence-electron chi connectivity index (χ0n) is 14.5. The van der Waals surface area contributed by atoms with Crippen molar-refractivity contribution in [2.24, 2.45) is 0 Å². The number of carboxylic acids is 1. The van der Waals surface area contributed by atoms with Crippen LogP contribution in [0.3, 0.4) is 0 Å². The van der Waals surface area contributed by atoms with Crippen molar-refractivity contribution in [3.63, 3.8) is 0 Å². The smallest absolute Gasteiger partial charge is 0.326 e. The van der Waals surface area contributed by atoms with Crippen LogP contribution < -0.4 is 4.72 Å². The average molecular weight is 392 g/mol. The predicted molar refractivity (Wildman–Crippen MR) is 95.5 cm³/mol. The first kappa shape index (κ1) is 19.1. The number of carbonyl (C=O) groups excluding carboxylic acids is 1. The third-order valence-electron chi connectivity index (χ3n) is 4.48. The highest BCUT2D eigenvalue weighted by Crippen LogP contribution is 2.21. The molecule has 1 atom stereocenters. The minimum Gasteiger partial charge on any atom is -0.480 e. The van der Waals surface area contributed by atoms with E-state index >= 15 is 0 Å². The van der Waals surface area contributed by atoms with Crippen LogP contribution in [0.15, 0.2) is 52.0 Å². The van der Waals surface area contributed by atoms with E-state index in [4.69, 9.17) is 4.42 Å². The minimum atomic E-state index is -3.76. The fourth-order valence-electron chi connectivity index (χ4n) is 3.04. The molecule has 1 fully saturated rings. The van der Waals surface area contributed by atoms with E-state index in [1.54, 1.807) is 12.1 Å². The van der Waals surface area contributed by atoms with Crippen LogP contribution in [-0.4, -0.2) is 42.9 Å². The van der Waals surface area contributed by atoms with Crippen molar-refractivity contribution >= 4 is 21.9 Å². The van der Waals surface area contributed by atoms with Gasteiger partial charge in [0.15, 0.2) is 0 Å². The maximum absolute atomic E-state index is 12.6. The summed E-state index contributed by atoms with van der Waals surface area (Å²) in [7, 11) is -3.76. The highest BCUT2D eigenvalue weighted by molar-refractivity contribution is 7.89. The number of hydrogen-bond acceptors (Lipinski definition) is 5. The summed E-state index contributed by atoms with van der Waals surface area (Å²) in [6.45, 7) is 0.393. The van der Waals surface area contributed by atoms with Gasteiger partial charge >= 0.3 is 5.97 Å². The van der Waals surface area contributed by atoms with Crippen LogP contribution in [0.2, 0.25) is 0 Å². The Balaban J connectivity index is 1.72. The molecule has 0 bridgehead atoms. The van der Waals surface area contributed by atoms with E-state index in [1.807, 2.05) is 0 Å². The highest BCUT2D eigenvalue weighted by Gasteiger charge is 2.32. The third-order valence-corrected chi connectivity index (χ3v) is 5.89. The van der Waals surface area contributed by atoms with Gasteiger partial charge < -0.3 is 14.4 Å². The quantitative estimate of drug-likeness (QED) is 0.775. The van der Waals surface area contributed by atoms with Gasteiger partial charge in [0.25, 0.3) is 5.91 Å². The Kier molecular flexibility index (Phi) is 5.62. The molecule has 2 aromatic rings. The molecule has 3 rings (SSSR count). The number of amides is 1. The van der Waals surface area contributed by atoms with Crippen LogP contribution >= 0.6 is 0 Å². The summed E-state index contributed by atoms with van der Waals surface area (Å²) in [5, 5.41) is 9.30. The Morgan fingerprint density at radius 1 is 1.19 bits per heavy atom. The molecule has 1 aliphatic heterocycles. The zero-order chi connectivity index (χ0) is 19.4. The van der Waals surface area contributed by atoms with E-state index in [0.717, 1.165) is 12.8 Å². The van der Waals surface area contributed by atoms with E-state index < -0.39 is 27.9 Å². The minimum absolute atomic E-state index is 0.0130. The molecule has 1 saturated heterocycles. The molecular weight excluding hydrogens is 372 g/mol. The number of nitrogens with one attached hydrogen (secondary N) is 1. The van der Waals surface area contributed by atoms with Crippen molar-refractivity contribution in [2.75, 3.05) is 6.54 Å². The number of hydrogen-bond donors (Lipinski definition) is 2. The number of benzene rings is 1. The summed E-state index contributed by atoms with van der Waals surface area (Å²) in [6, 6.07) is 7.94. The third kappa shape index (κ3) is 4.37. The van der Waals surface area contributed by atoms with Crippen LogP contribution in [-0.2, 0) is 21.4 Å². The molecule has 0 saturated carbocycles. The summed E-state index contributed by atoms with van der Waals surface area (Å²) < 4.78 is 32.2. The first-order valence-corrected chi connectivity index (χ1v) is 10.0. The van der Waals surface area contributed by atoms with Crippen LogP contribution in [0.5, 0.6) is 0 Å². The van der Waals surface area contributed by atoms with Crippen LogP contribution in [0, 0.1) is 0 Å². The second-order valence-electron chi connectivity index (χ2n) is 6.28. The van der Waals surface area contributed by atoms with Crippen molar-refractivity contribution in [3.8, 4) is 0 Å². The first-order valence-electron chi connectivity index (χ1n) is 8.54. The van der Waals surface area contributed by atoms with E-state index in [1.165, 1.54) is 35.4 Å². The molecule has 9 heteroatoms. The number of carboxylic acid groups (broad SMARTS) is 1. The molecule has 1 aliphatic rings. The fraction of sp³-hybridized carbons (Fsp3) is 0.333. The molecule has 2 heterocycles. The molecule has 0 aliphatic carbocycles. The van der Waals surface area contributed by atoms with Crippen molar-refractivity contribution in [1.82, 2.24) is 9.62 Å². The van der Waals surface area contributed by atoms with Gasteiger partial charge in [0.05, 0.1) is 17.7 Å². The van der Waals surface area contributed by atoms with Crippen molar-refractivity contribution in [3.05, 3.63) is 54.0 Å². The zero-order valence-corrected chi connectivity index (χ0v) is 15.3. The lowest BCUT2D eigenvalue weighted by molar-refractivity contribution is -0.143. The summed E-state index contributed by atoms with van der Waals surface area (Å²) in [5.41, 5.74) is 0.258. The number of rotatable bonds is 6. The van der Waals surface area contributed by atoms with Gasteiger partial charge in [0.1, 0.15) is 11.8 Å². The first-order chi connectivity index (χ1) is 12.9. The molecule has 1 aromatic heterocycles. The Labute approximate surface area is 156 Å². The fourth-order valence-corrected chi connectivity index (χ4v) is 4.03. The predicted octanol–water partition coefficient (Wildman–Crippen LogP) is 1.84. The number of furan rings is 1. The van der Waals surface area contributed by atoms with Crippen molar-refractivity contribution < 1.29 is 27.5 Å². The lowest BCUT2D eigenvalue weighted by atomic mass is 10.0.